The van der Waals surface area contributed by atoms with Crippen molar-refractivity contribution in [3.63, 3.8) is 0 Å². The van der Waals surface area contributed by atoms with Crippen molar-refractivity contribution in [2.24, 2.45) is 23.7 Å². The molecular formula is C24H52O4P2S3. The van der Waals surface area contributed by atoms with E-state index in [-0.39, 0.29) is 18.3 Å². The van der Waals surface area contributed by atoms with E-state index in [1.165, 1.54) is 11.0 Å². The van der Waals surface area contributed by atoms with E-state index in [0.29, 0.717) is 30.3 Å². The summed E-state index contributed by atoms with van der Waals surface area (Å²) in [7, 11) is 0. The Bertz CT molecular complexity index is 593. The summed E-state index contributed by atoms with van der Waals surface area (Å²) in [6.45, 7) is 24.4. The molecule has 0 aliphatic heterocycles. The molecule has 200 valence electrons. The molecule has 0 aromatic carbocycles. The Balaban J connectivity index is 5.72. The highest BCUT2D eigenvalue weighted by Gasteiger charge is 2.37. The van der Waals surface area contributed by atoms with Gasteiger partial charge < -0.3 is 18.1 Å². The Morgan fingerprint density at radius 2 is 0.939 bits per heavy atom. The highest BCUT2D eigenvalue weighted by Crippen LogP contribution is 2.81. The summed E-state index contributed by atoms with van der Waals surface area (Å²) in [5.41, 5.74) is -5.53. The van der Waals surface area contributed by atoms with Crippen molar-refractivity contribution in [3.8, 4) is 0 Å². The number of hydrogen-bond donors (Lipinski definition) is 0. The van der Waals surface area contributed by atoms with E-state index in [1.54, 1.807) is 0 Å². The normalized spacial score (nSPS) is 19.1. The van der Waals surface area contributed by atoms with Gasteiger partial charge in [0.2, 0.25) is 0 Å². The summed E-state index contributed by atoms with van der Waals surface area (Å²) in [6.07, 6.45) is 4.80. The smallest absolute Gasteiger partial charge is 0.257 e. The average Bonchev–Trinajstić information content (AvgIpc) is 2.54. The van der Waals surface area contributed by atoms with Gasteiger partial charge in [-0.15, -0.1) is 0 Å². The Hall–Kier alpha value is 1.49. The first-order chi connectivity index (χ1) is 15.1. The SMILES string of the molecule is CC(C)CCCOP(=S)(OC(C)CC(C)C)SP(=S)(OC(C)CC(C)C)OC(C)CC(C)C. The average molecular weight is 563 g/mol. The minimum absolute atomic E-state index is 0.00180. The van der Waals surface area contributed by atoms with E-state index >= 15 is 0 Å². The Morgan fingerprint density at radius 1 is 0.576 bits per heavy atom. The van der Waals surface area contributed by atoms with Crippen LogP contribution in [0.15, 0.2) is 0 Å². The Kier molecular flexibility index (Phi) is 17.9. The van der Waals surface area contributed by atoms with Gasteiger partial charge in [-0.25, -0.2) is 0 Å². The first-order valence-corrected chi connectivity index (χ1v) is 20.0. The molecule has 0 radical (unpaired) electrons. The summed E-state index contributed by atoms with van der Waals surface area (Å²) in [5.74, 6) is 2.17. The van der Waals surface area contributed by atoms with Crippen molar-refractivity contribution in [3.05, 3.63) is 0 Å². The van der Waals surface area contributed by atoms with Crippen molar-refractivity contribution in [1.29, 1.82) is 0 Å². The molecule has 0 spiro atoms. The molecule has 0 N–H and O–H groups in total. The Morgan fingerprint density at radius 3 is 1.27 bits per heavy atom. The van der Waals surface area contributed by atoms with Crippen LogP contribution >= 0.6 is 22.4 Å². The number of rotatable bonds is 19. The lowest BCUT2D eigenvalue weighted by atomic mass is 10.1. The summed E-state index contributed by atoms with van der Waals surface area (Å²) in [4.78, 5) is 0. The maximum Gasteiger partial charge on any atom is 0.257 e. The molecule has 33 heavy (non-hydrogen) atoms. The van der Waals surface area contributed by atoms with Crippen LogP contribution in [0.1, 0.15) is 108 Å². The van der Waals surface area contributed by atoms with Crippen LogP contribution in [0.25, 0.3) is 0 Å². The van der Waals surface area contributed by atoms with Crippen LogP contribution in [0.3, 0.4) is 0 Å². The van der Waals surface area contributed by atoms with Crippen molar-refractivity contribution < 1.29 is 18.1 Å². The van der Waals surface area contributed by atoms with Gasteiger partial charge in [-0.2, -0.15) is 0 Å². The molecule has 9 heteroatoms. The summed E-state index contributed by atoms with van der Waals surface area (Å²) >= 11 is 13.6. The minimum Gasteiger partial charge on any atom is -0.321 e. The van der Waals surface area contributed by atoms with Gasteiger partial charge in [-0.1, -0.05) is 55.4 Å². The van der Waals surface area contributed by atoms with Crippen LogP contribution in [-0.4, -0.2) is 24.9 Å². The lowest BCUT2D eigenvalue weighted by molar-refractivity contribution is 0.143. The van der Waals surface area contributed by atoms with Gasteiger partial charge in [0.15, 0.2) is 0 Å². The zero-order valence-electron chi connectivity index (χ0n) is 23.0. The third-order valence-corrected chi connectivity index (χ3v) is 18.0. The molecule has 0 aromatic heterocycles. The second-order valence-electron chi connectivity index (χ2n) is 11.0. The van der Waals surface area contributed by atoms with Crippen LogP contribution in [0.2, 0.25) is 0 Å². The van der Waals surface area contributed by atoms with Gasteiger partial charge in [0.05, 0.1) is 24.9 Å². The van der Waals surface area contributed by atoms with Gasteiger partial charge in [0, 0.05) is 11.0 Å². The third-order valence-electron chi connectivity index (χ3n) is 4.71. The van der Waals surface area contributed by atoms with Crippen molar-refractivity contribution in [1.82, 2.24) is 0 Å². The molecule has 4 unspecified atom stereocenters. The summed E-state index contributed by atoms with van der Waals surface area (Å²) in [5, 5.41) is 0. The fourth-order valence-electron chi connectivity index (χ4n) is 3.71. The van der Waals surface area contributed by atoms with E-state index in [1.807, 2.05) is 0 Å². The molecule has 0 bridgehead atoms. The van der Waals surface area contributed by atoms with Crippen LogP contribution in [-0.2, 0) is 41.7 Å². The maximum atomic E-state index is 6.47. The van der Waals surface area contributed by atoms with E-state index in [9.17, 15) is 0 Å². The van der Waals surface area contributed by atoms with Gasteiger partial charge in [-0.05, 0) is 100 Å². The monoisotopic (exact) mass is 562 g/mol. The minimum atomic E-state index is -2.78. The largest absolute Gasteiger partial charge is 0.321 e. The second-order valence-corrected chi connectivity index (χ2v) is 22.9. The zero-order valence-corrected chi connectivity index (χ0v) is 27.3. The van der Waals surface area contributed by atoms with Crippen LogP contribution in [0.5, 0.6) is 0 Å². The van der Waals surface area contributed by atoms with E-state index in [0.717, 1.165) is 32.1 Å². The maximum absolute atomic E-state index is 6.47. The fourth-order valence-corrected chi connectivity index (χ4v) is 20.0. The first-order valence-electron chi connectivity index (χ1n) is 12.7. The lowest BCUT2D eigenvalue weighted by Gasteiger charge is -2.33. The molecule has 0 aromatic rings. The highest BCUT2D eigenvalue weighted by atomic mass is 33.2. The Labute approximate surface area is 220 Å². The third kappa shape index (κ3) is 18.4. The van der Waals surface area contributed by atoms with Gasteiger partial charge in [0.25, 0.3) is 11.4 Å². The van der Waals surface area contributed by atoms with Gasteiger partial charge in [-0.3, -0.25) is 0 Å². The molecule has 0 heterocycles. The molecule has 0 amide bonds. The number of hydrogen-bond acceptors (Lipinski definition) is 7. The van der Waals surface area contributed by atoms with E-state index in [4.69, 9.17) is 41.7 Å². The predicted octanol–water partition coefficient (Wildman–Crippen LogP) is 9.97. The highest BCUT2D eigenvalue weighted by molar-refractivity contribution is 8.96. The van der Waals surface area contributed by atoms with Crippen molar-refractivity contribution in [2.75, 3.05) is 6.61 Å². The van der Waals surface area contributed by atoms with Gasteiger partial charge in [0.1, 0.15) is 0 Å². The second kappa shape index (κ2) is 17.1. The molecule has 0 saturated carbocycles. The molecule has 0 aliphatic rings. The molecule has 0 saturated heterocycles. The summed E-state index contributed by atoms with van der Waals surface area (Å²) < 4.78 is 25.7. The molecule has 4 atom stereocenters. The lowest BCUT2D eigenvalue weighted by Crippen LogP contribution is -2.15. The topological polar surface area (TPSA) is 36.9 Å². The molecule has 4 nitrogen and oxygen atoms in total. The van der Waals surface area contributed by atoms with Crippen LogP contribution in [0.4, 0.5) is 0 Å². The van der Waals surface area contributed by atoms with Crippen molar-refractivity contribution >= 4 is 46.0 Å². The van der Waals surface area contributed by atoms with E-state index < -0.39 is 11.4 Å². The van der Waals surface area contributed by atoms with Crippen LogP contribution < -0.4 is 0 Å². The van der Waals surface area contributed by atoms with Crippen LogP contribution in [0, 0.1) is 23.7 Å². The molecular weight excluding hydrogens is 510 g/mol. The molecule has 0 rings (SSSR count). The zero-order chi connectivity index (χ0) is 25.8. The fraction of sp³-hybridized carbons (Fsp3) is 1.00. The molecule has 0 aliphatic carbocycles. The first kappa shape index (κ1) is 34.5. The quantitative estimate of drug-likeness (QED) is 0.114. The van der Waals surface area contributed by atoms with E-state index in [2.05, 4.69) is 76.2 Å². The van der Waals surface area contributed by atoms with Crippen molar-refractivity contribution in [2.45, 2.75) is 127 Å². The molecule has 0 fully saturated rings. The summed E-state index contributed by atoms with van der Waals surface area (Å²) in [6, 6.07) is 0. The van der Waals surface area contributed by atoms with Gasteiger partial charge >= 0.3 is 0 Å². The standard InChI is InChI=1S/C24H52O4P2S3/c1-18(2)13-12-14-25-29(31,26-22(9)15-19(3)4)33-30(32,27-23(10)16-20(5)6)28-24(11)17-21(7)8/h18-24H,12-17H2,1-11H3. The predicted molar refractivity (Wildman–Crippen MR) is 156 cm³/mol.